The molecule has 1 unspecified atom stereocenters. The molecule has 1 aliphatic heterocycles. The highest BCUT2D eigenvalue weighted by Crippen LogP contribution is 2.11. The number of piperidine rings is 1. The highest BCUT2D eigenvalue weighted by atomic mass is 16.2. The monoisotopic (exact) mass is 242 g/mol. The third-order valence-electron chi connectivity index (χ3n) is 3.57. The van der Waals surface area contributed by atoms with Crippen molar-refractivity contribution in [2.24, 2.45) is 0 Å². The van der Waals surface area contributed by atoms with Gasteiger partial charge >= 0.3 is 0 Å². The van der Waals surface area contributed by atoms with Gasteiger partial charge in [0.25, 0.3) is 0 Å². The summed E-state index contributed by atoms with van der Waals surface area (Å²) in [5.74, 6) is 0. The van der Waals surface area contributed by atoms with E-state index in [0.717, 1.165) is 19.0 Å². The molecule has 0 radical (unpaired) electrons. The fourth-order valence-electron chi connectivity index (χ4n) is 2.57. The van der Waals surface area contributed by atoms with Crippen LogP contribution in [0.25, 0.3) is 0 Å². The molecular formula is C14H30N2O. The summed E-state index contributed by atoms with van der Waals surface area (Å²) in [5, 5.41) is 12.3. The summed E-state index contributed by atoms with van der Waals surface area (Å²) < 4.78 is 0. The molecule has 0 aliphatic carbocycles. The van der Waals surface area contributed by atoms with Gasteiger partial charge in [-0.15, -0.1) is 0 Å². The van der Waals surface area contributed by atoms with E-state index in [1.807, 2.05) is 0 Å². The van der Waals surface area contributed by atoms with Crippen molar-refractivity contribution >= 4 is 0 Å². The highest BCUT2D eigenvalue weighted by Gasteiger charge is 2.18. The van der Waals surface area contributed by atoms with Gasteiger partial charge < -0.3 is 15.3 Å². The number of nitrogens with zero attached hydrogens (tertiary/aromatic N) is 1. The Morgan fingerprint density at radius 3 is 2.82 bits per heavy atom. The van der Waals surface area contributed by atoms with Gasteiger partial charge in [0.2, 0.25) is 0 Å². The van der Waals surface area contributed by atoms with E-state index in [-0.39, 0.29) is 0 Å². The molecule has 0 aromatic heterocycles. The zero-order valence-electron chi connectivity index (χ0n) is 11.5. The van der Waals surface area contributed by atoms with Crippen molar-refractivity contribution in [3.05, 3.63) is 0 Å². The quantitative estimate of drug-likeness (QED) is 0.607. The maximum Gasteiger partial charge on any atom is 0.0431 e. The van der Waals surface area contributed by atoms with E-state index in [1.54, 1.807) is 0 Å². The van der Waals surface area contributed by atoms with Crippen LogP contribution in [0.4, 0.5) is 0 Å². The first kappa shape index (κ1) is 14.9. The summed E-state index contributed by atoms with van der Waals surface area (Å²) in [6.07, 6.45) is 8.64. The van der Waals surface area contributed by atoms with Crippen LogP contribution in [0.3, 0.4) is 0 Å². The number of likely N-dealkylation sites (tertiary alicyclic amines) is 1. The molecular weight excluding hydrogens is 212 g/mol. The lowest BCUT2D eigenvalue weighted by molar-refractivity contribution is 0.187. The molecule has 0 amide bonds. The van der Waals surface area contributed by atoms with Gasteiger partial charge in [-0.1, -0.05) is 19.8 Å². The SMILES string of the molecule is CCCNC1CCCN(CCCCCCO)C1. The molecule has 0 bridgehead atoms. The molecule has 17 heavy (non-hydrogen) atoms. The zero-order chi connectivity index (χ0) is 12.3. The second kappa shape index (κ2) is 9.86. The topological polar surface area (TPSA) is 35.5 Å². The van der Waals surface area contributed by atoms with Crippen molar-refractivity contribution in [1.29, 1.82) is 0 Å². The number of unbranched alkanes of at least 4 members (excludes halogenated alkanes) is 3. The molecule has 1 heterocycles. The predicted molar refractivity (Wildman–Crippen MR) is 73.3 cm³/mol. The molecule has 3 nitrogen and oxygen atoms in total. The number of aliphatic hydroxyl groups is 1. The van der Waals surface area contributed by atoms with Gasteiger partial charge in [-0.2, -0.15) is 0 Å². The van der Waals surface area contributed by atoms with Crippen molar-refractivity contribution in [1.82, 2.24) is 10.2 Å². The Labute approximate surface area is 107 Å². The predicted octanol–water partition coefficient (Wildman–Crippen LogP) is 2.00. The van der Waals surface area contributed by atoms with E-state index >= 15 is 0 Å². The molecule has 1 atom stereocenters. The zero-order valence-corrected chi connectivity index (χ0v) is 11.5. The molecule has 0 spiro atoms. The van der Waals surface area contributed by atoms with E-state index in [4.69, 9.17) is 5.11 Å². The van der Waals surface area contributed by atoms with Gasteiger partial charge in [0.15, 0.2) is 0 Å². The largest absolute Gasteiger partial charge is 0.396 e. The molecule has 102 valence electrons. The van der Waals surface area contributed by atoms with Crippen LogP contribution in [-0.4, -0.2) is 48.8 Å². The summed E-state index contributed by atoms with van der Waals surface area (Å²) >= 11 is 0. The van der Waals surface area contributed by atoms with Crippen LogP contribution in [-0.2, 0) is 0 Å². The standard InChI is InChI=1S/C14H30N2O/c1-2-9-15-14-8-7-11-16(13-14)10-5-3-4-6-12-17/h14-15,17H,2-13H2,1H3. The molecule has 0 aromatic rings. The normalized spacial score (nSPS) is 21.9. The van der Waals surface area contributed by atoms with E-state index in [2.05, 4.69) is 17.1 Å². The minimum atomic E-state index is 0.354. The van der Waals surface area contributed by atoms with Gasteiger partial charge in [-0.25, -0.2) is 0 Å². The lowest BCUT2D eigenvalue weighted by Crippen LogP contribution is -2.46. The van der Waals surface area contributed by atoms with Crippen LogP contribution in [0.2, 0.25) is 0 Å². The molecule has 2 N–H and O–H groups in total. The van der Waals surface area contributed by atoms with Crippen LogP contribution in [0, 0.1) is 0 Å². The second-order valence-electron chi connectivity index (χ2n) is 5.23. The molecule has 0 saturated carbocycles. The number of nitrogens with one attached hydrogen (secondary N) is 1. The van der Waals surface area contributed by atoms with Crippen molar-refractivity contribution in [3.8, 4) is 0 Å². The van der Waals surface area contributed by atoms with Crippen molar-refractivity contribution in [3.63, 3.8) is 0 Å². The maximum atomic E-state index is 8.71. The average Bonchev–Trinajstić information content (AvgIpc) is 2.37. The average molecular weight is 242 g/mol. The summed E-state index contributed by atoms with van der Waals surface area (Å²) in [5.41, 5.74) is 0. The summed E-state index contributed by atoms with van der Waals surface area (Å²) in [7, 11) is 0. The van der Waals surface area contributed by atoms with Gasteiger partial charge in [-0.3, -0.25) is 0 Å². The Morgan fingerprint density at radius 2 is 2.06 bits per heavy atom. The van der Waals surface area contributed by atoms with Gasteiger partial charge in [0.05, 0.1) is 0 Å². The van der Waals surface area contributed by atoms with E-state index in [1.165, 1.54) is 58.2 Å². The molecule has 0 aromatic carbocycles. The van der Waals surface area contributed by atoms with Crippen molar-refractivity contribution in [2.45, 2.75) is 57.9 Å². The van der Waals surface area contributed by atoms with Crippen LogP contribution < -0.4 is 5.32 Å². The summed E-state index contributed by atoms with van der Waals surface area (Å²) in [6.45, 7) is 7.51. The van der Waals surface area contributed by atoms with E-state index in [9.17, 15) is 0 Å². The first-order chi connectivity index (χ1) is 8.36. The molecule has 3 heteroatoms. The number of rotatable bonds is 9. The minimum Gasteiger partial charge on any atom is -0.396 e. The Bertz CT molecular complexity index is 176. The van der Waals surface area contributed by atoms with Gasteiger partial charge in [0, 0.05) is 19.2 Å². The van der Waals surface area contributed by atoms with Crippen LogP contribution >= 0.6 is 0 Å². The smallest absolute Gasteiger partial charge is 0.0431 e. The molecule has 1 rings (SSSR count). The Kier molecular flexibility index (Phi) is 8.67. The molecule has 1 aliphatic rings. The maximum absolute atomic E-state index is 8.71. The fraction of sp³-hybridized carbons (Fsp3) is 1.00. The number of aliphatic hydroxyl groups excluding tert-OH is 1. The summed E-state index contributed by atoms with van der Waals surface area (Å²) in [6, 6.07) is 0.723. The van der Waals surface area contributed by atoms with Crippen LogP contribution in [0.15, 0.2) is 0 Å². The highest BCUT2D eigenvalue weighted by molar-refractivity contribution is 4.77. The molecule has 1 fully saturated rings. The van der Waals surface area contributed by atoms with Crippen molar-refractivity contribution < 1.29 is 5.11 Å². The van der Waals surface area contributed by atoms with E-state index in [0.29, 0.717) is 6.61 Å². The minimum absolute atomic E-state index is 0.354. The second-order valence-corrected chi connectivity index (χ2v) is 5.23. The Balaban J connectivity index is 2.03. The number of hydrogen-bond donors (Lipinski definition) is 2. The van der Waals surface area contributed by atoms with Crippen LogP contribution in [0.1, 0.15) is 51.9 Å². The van der Waals surface area contributed by atoms with Crippen LogP contribution in [0.5, 0.6) is 0 Å². The molecule has 1 saturated heterocycles. The first-order valence-electron chi connectivity index (χ1n) is 7.43. The third-order valence-corrected chi connectivity index (χ3v) is 3.57. The Hall–Kier alpha value is -0.120. The van der Waals surface area contributed by atoms with Crippen molar-refractivity contribution in [2.75, 3.05) is 32.8 Å². The third kappa shape index (κ3) is 7.02. The lowest BCUT2D eigenvalue weighted by Gasteiger charge is -2.33. The summed E-state index contributed by atoms with van der Waals surface area (Å²) in [4.78, 5) is 2.61. The lowest BCUT2D eigenvalue weighted by atomic mass is 10.0. The van der Waals surface area contributed by atoms with E-state index < -0.39 is 0 Å². The van der Waals surface area contributed by atoms with Gasteiger partial charge in [-0.05, 0) is 51.7 Å². The first-order valence-corrected chi connectivity index (χ1v) is 7.43. The van der Waals surface area contributed by atoms with Gasteiger partial charge in [0.1, 0.15) is 0 Å². The number of hydrogen-bond acceptors (Lipinski definition) is 3. The fourth-order valence-corrected chi connectivity index (χ4v) is 2.57. The Morgan fingerprint density at radius 1 is 1.24 bits per heavy atom.